The van der Waals surface area contributed by atoms with Gasteiger partial charge in [-0.1, -0.05) is 13.0 Å². The van der Waals surface area contributed by atoms with Crippen molar-refractivity contribution in [3.8, 4) is 0 Å². The van der Waals surface area contributed by atoms with Crippen molar-refractivity contribution in [3.05, 3.63) is 36.4 Å². The number of nitrogens with zero attached hydrogens (tertiary/aromatic N) is 2. The second kappa shape index (κ2) is 5.54. The highest BCUT2D eigenvalue weighted by molar-refractivity contribution is 5.10. The summed E-state index contributed by atoms with van der Waals surface area (Å²) in [5, 5.41) is 0. The van der Waals surface area contributed by atoms with Crippen LogP contribution in [-0.4, -0.2) is 16.1 Å². The van der Waals surface area contributed by atoms with Crippen LogP contribution in [0.1, 0.15) is 37.6 Å². The predicted molar refractivity (Wildman–Crippen MR) is 71.1 cm³/mol. The third kappa shape index (κ3) is 2.86. The summed E-state index contributed by atoms with van der Waals surface area (Å²) in [5.74, 6) is -0.0166. The van der Waals surface area contributed by atoms with Crippen molar-refractivity contribution in [1.82, 2.24) is 9.97 Å². The second-order valence-corrected chi connectivity index (χ2v) is 5.44. The van der Waals surface area contributed by atoms with Crippen LogP contribution in [-0.2, 0) is 12.8 Å². The topological polar surface area (TPSA) is 25.8 Å². The average Bonchev–Trinajstić information content (AvgIpc) is 3.20. The molecule has 0 amide bonds. The van der Waals surface area contributed by atoms with Crippen LogP contribution in [0.15, 0.2) is 25.0 Å². The molecule has 2 nitrogen and oxygen atoms in total. The first-order chi connectivity index (χ1) is 9.43. The first kappa shape index (κ1) is 15.0. The van der Waals surface area contributed by atoms with E-state index in [2.05, 4.69) is 16.5 Å². The fourth-order valence-electron chi connectivity index (χ4n) is 2.65. The lowest BCUT2D eigenvalue weighted by atomic mass is 9.83. The molecule has 20 heavy (non-hydrogen) atoms. The average molecular weight is 284 g/mol. The molecule has 0 radical (unpaired) electrons. The molecule has 110 valence electrons. The van der Waals surface area contributed by atoms with Gasteiger partial charge in [-0.3, -0.25) is 0 Å². The van der Waals surface area contributed by atoms with Gasteiger partial charge in [-0.05, 0) is 37.2 Å². The van der Waals surface area contributed by atoms with E-state index >= 15 is 0 Å². The zero-order chi connectivity index (χ0) is 14.8. The molecule has 1 unspecified atom stereocenters. The summed E-state index contributed by atoms with van der Waals surface area (Å²) in [6, 6.07) is 0. The maximum absolute atomic E-state index is 13.2. The maximum atomic E-state index is 13.2. The van der Waals surface area contributed by atoms with Crippen molar-refractivity contribution < 1.29 is 13.2 Å². The molecule has 1 saturated carbocycles. The quantitative estimate of drug-likeness (QED) is 0.734. The third-order valence-corrected chi connectivity index (χ3v) is 4.18. The predicted octanol–water partition coefficient (Wildman–Crippen LogP) is 4.12. The van der Waals surface area contributed by atoms with Crippen LogP contribution in [0.3, 0.4) is 0 Å². The van der Waals surface area contributed by atoms with Gasteiger partial charge in [-0.25, -0.2) is 9.97 Å². The molecule has 0 bridgehead atoms. The van der Waals surface area contributed by atoms with Crippen LogP contribution in [0.5, 0.6) is 0 Å². The Labute approximate surface area is 117 Å². The van der Waals surface area contributed by atoms with Crippen molar-refractivity contribution in [3.63, 3.8) is 0 Å². The molecule has 1 aromatic heterocycles. The highest BCUT2D eigenvalue weighted by Crippen LogP contribution is 2.63. The largest absolute Gasteiger partial charge is 0.394 e. The minimum absolute atomic E-state index is 0.210. The van der Waals surface area contributed by atoms with E-state index in [4.69, 9.17) is 0 Å². The normalized spacial score (nSPS) is 18.6. The third-order valence-electron chi connectivity index (χ3n) is 4.18. The molecule has 1 aliphatic carbocycles. The number of hydrogen-bond acceptors (Lipinski definition) is 2. The fraction of sp³-hybridized carbons (Fsp3) is 0.600. The molecule has 1 heterocycles. The minimum atomic E-state index is -4.15. The van der Waals surface area contributed by atoms with E-state index in [0.29, 0.717) is 12.2 Å². The van der Waals surface area contributed by atoms with Crippen LogP contribution in [0.25, 0.3) is 0 Å². The van der Waals surface area contributed by atoms with Gasteiger partial charge in [-0.2, -0.15) is 13.2 Å². The summed E-state index contributed by atoms with van der Waals surface area (Å²) >= 11 is 0. The van der Waals surface area contributed by atoms with Crippen molar-refractivity contribution in [2.24, 2.45) is 11.3 Å². The number of halogens is 3. The number of hydrogen-bond donors (Lipinski definition) is 0. The van der Waals surface area contributed by atoms with E-state index in [-0.39, 0.29) is 19.3 Å². The molecule has 5 heteroatoms. The summed E-state index contributed by atoms with van der Waals surface area (Å²) in [7, 11) is 0. The zero-order valence-electron chi connectivity index (χ0n) is 11.6. The van der Waals surface area contributed by atoms with Crippen LogP contribution >= 0.6 is 0 Å². The molecule has 0 saturated heterocycles. The lowest BCUT2D eigenvalue weighted by Gasteiger charge is -2.28. The van der Waals surface area contributed by atoms with Crippen molar-refractivity contribution in [2.75, 3.05) is 0 Å². The number of aromatic nitrogens is 2. The van der Waals surface area contributed by atoms with Gasteiger partial charge in [0, 0.05) is 18.8 Å². The lowest BCUT2D eigenvalue weighted by Crippen LogP contribution is -2.33. The molecule has 0 N–H and O–H groups in total. The Bertz CT molecular complexity index is 461. The van der Waals surface area contributed by atoms with Gasteiger partial charge < -0.3 is 0 Å². The lowest BCUT2D eigenvalue weighted by molar-refractivity contribution is -0.202. The Kier molecular flexibility index (Phi) is 4.16. The molecule has 0 aromatic carbocycles. The van der Waals surface area contributed by atoms with Gasteiger partial charge in [0.15, 0.2) is 0 Å². The number of alkyl halides is 3. The van der Waals surface area contributed by atoms with Crippen LogP contribution in [0, 0.1) is 11.3 Å². The summed E-state index contributed by atoms with van der Waals surface area (Å²) in [6.07, 6.45) is 2.66. The van der Waals surface area contributed by atoms with Gasteiger partial charge in [0.05, 0.1) is 5.41 Å². The van der Waals surface area contributed by atoms with E-state index in [1.165, 1.54) is 0 Å². The standard InChI is InChI=1S/C15H19F3N2/c1-3-5-12(14(6-7-14)15(16,17)18)8-13-19-9-11(4-2)10-20-13/h3,9-10,12H,1,4-8H2,2H3. The van der Waals surface area contributed by atoms with Gasteiger partial charge in [0.1, 0.15) is 5.82 Å². The molecular weight excluding hydrogens is 265 g/mol. The smallest absolute Gasteiger partial charge is 0.241 e. The van der Waals surface area contributed by atoms with E-state index in [1.54, 1.807) is 18.5 Å². The molecular formula is C15H19F3N2. The van der Waals surface area contributed by atoms with Gasteiger partial charge >= 0.3 is 6.18 Å². The zero-order valence-corrected chi connectivity index (χ0v) is 11.6. The van der Waals surface area contributed by atoms with Crippen molar-refractivity contribution in [1.29, 1.82) is 0 Å². The highest BCUT2D eigenvalue weighted by atomic mass is 19.4. The summed E-state index contributed by atoms with van der Waals surface area (Å²) in [4.78, 5) is 8.36. The maximum Gasteiger partial charge on any atom is 0.394 e. The molecule has 1 atom stereocenters. The molecule has 2 rings (SSSR count). The van der Waals surface area contributed by atoms with E-state index < -0.39 is 17.5 Å². The SMILES string of the molecule is C=CCC(Cc1ncc(CC)cn1)C1(C(F)(F)F)CC1. The molecule has 1 aliphatic rings. The van der Waals surface area contributed by atoms with E-state index in [1.807, 2.05) is 6.92 Å². The molecule has 0 spiro atoms. The number of aryl methyl sites for hydroxylation is 1. The Morgan fingerprint density at radius 1 is 1.35 bits per heavy atom. The van der Waals surface area contributed by atoms with Crippen molar-refractivity contribution in [2.45, 2.75) is 45.2 Å². The Hall–Kier alpha value is -1.39. The number of rotatable bonds is 6. The Morgan fingerprint density at radius 3 is 2.35 bits per heavy atom. The first-order valence-corrected chi connectivity index (χ1v) is 6.90. The highest BCUT2D eigenvalue weighted by Gasteiger charge is 2.66. The summed E-state index contributed by atoms with van der Waals surface area (Å²) < 4.78 is 39.6. The van der Waals surface area contributed by atoms with E-state index in [0.717, 1.165) is 12.0 Å². The van der Waals surface area contributed by atoms with Gasteiger partial charge in [-0.15, -0.1) is 6.58 Å². The van der Waals surface area contributed by atoms with Crippen LogP contribution in [0.2, 0.25) is 0 Å². The molecule has 1 fully saturated rings. The Balaban J connectivity index is 2.15. The van der Waals surface area contributed by atoms with Crippen molar-refractivity contribution >= 4 is 0 Å². The second-order valence-electron chi connectivity index (χ2n) is 5.44. The summed E-state index contributed by atoms with van der Waals surface area (Å²) in [6.45, 7) is 5.57. The van der Waals surface area contributed by atoms with E-state index in [9.17, 15) is 13.2 Å². The molecule has 1 aromatic rings. The van der Waals surface area contributed by atoms with Gasteiger partial charge in [0.2, 0.25) is 0 Å². The molecule has 0 aliphatic heterocycles. The first-order valence-electron chi connectivity index (χ1n) is 6.90. The minimum Gasteiger partial charge on any atom is -0.241 e. The fourth-order valence-corrected chi connectivity index (χ4v) is 2.65. The number of allylic oxidation sites excluding steroid dienone is 1. The summed E-state index contributed by atoms with van der Waals surface area (Å²) in [5.41, 5.74) is -0.556. The monoisotopic (exact) mass is 284 g/mol. The van der Waals surface area contributed by atoms with Crippen LogP contribution in [0.4, 0.5) is 13.2 Å². The van der Waals surface area contributed by atoms with Gasteiger partial charge in [0.25, 0.3) is 0 Å². The Morgan fingerprint density at radius 2 is 1.95 bits per heavy atom. The van der Waals surface area contributed by atoms with Crippen LogP contribution < -0.4 is 0 Å².